The predicted molar refractivity (Wildman–Crippen MR) is 79.6 cm³/mol. The quantitative estimate of drug-likeness (QED) is 0.705. The minimum absolute atomic E-state index is 0.801. The van der Waals surface area contributed by atoms with Gasteiger partial charge in [-0.2, -0.15) is 5.26 Å². The van der Waals surface area contributed by atoms with E-state index in [1.165, 1.54) is 16.7 Å². The van der Waals surface area contributed by atoms with Crippen LogP contribution in [0.3, 0.4) is 0 Å². The Kier molecular flexibility index (Phi) is 2.72. The Labute approximate surface area is 113 Å². The van der Waals surface area contributed by atoms with Crippen LogP contribution in [-0.2, 0) is 0 Å². The van der Waals surface area contributed by atoms with Crippen LogP contribution in [0, 0.1) is 11.3 Å². The summed E-state index contributed by atoms with van der Waals surface area (Å²) >= 11 is 0. The van der Waals surface area contributed by atoms with E-state index in [0.29, 0.717) is 0 Å². The smallest absolute Gasteiger partial charge is 0.100 e. The van der Waals surface area contributed by atoms with E-state index >= 15 is 0 Å². The van der Waals surface area contributed by atoms with Crippen LogP contribution < -0.4 is 0 Å². The zero-order valence-electron chi connectivity index (χ0n) is 11.2. The van der Waals surface area contributed by atoms with E-state index in [4.69, 9.17) is 0 Å². The minimum Gasteiger partial charge on any atom is -0.192 e. The maximum Gasteiger partial charge on any atom is 0.100 e. The molecular formula is C18H15N. The van der Waals surface area contributed by atoms with Gasteiger partial charge in [0.25, 0.3) is 0 Å². The van der Waals surface area contributed by atoms with Crippen molar-refractivity contribution in [3.8, 4) is 6.07 Å². The second kappa shape index (κ2) is 4.40. The summed E-state index contributed by atoms with van der Waals surface area (Å²) in [7, 11) is 0. The highest BCUT2D eigenvalue weighted by Gasteiger charge is 2.16. The molecule has 0 bridgehead atoms. The first-order valence-corrected chi connectivity index (χ1v) is 6.51. The first-order valence-electron chi connectivity index (χ1n) is 6.51. The molecule has 0 atom stereocenters. The lowest BCUT2D eigenvalue weighted by atomic mass is 9.92. The van der Waals surface area contributed by atoms with E-state index in [-0.39, 0.29) is 0 Å². The summed E-state index contributed by atoms with van der Waals surface area (Å²) in [5.41, 5.74) is 5.82. The first-order chi connectivity index (χ1) is 9.22. The molecule has 19 heavy (non-hydrogen) atoms. The SMILES string of the molecule is CC1=CCC(c2ccc3ccccc3c2C#N)=C1C. The second-order valence-corrected chi connectivity index (χ2v) is 5.02. The predicted octanol–water partition coefficient (Wildman–Crippen LogP) is 4.83. The van der Waals surface area contributed by atoms with Crippen molar-refractivity contribution in [3.63, 3.8) is 0 Å². The molecule has 0 radical (unpaired) electrons. The fourth-order valence-electron chi connectivity index (χ4n) is 2.75. The van der Waals surface area contributed by atoms with Crippen LogP contribution in [0.15, 0.2) is 53.6 Å². The molecule has 3 rings (SSSR count). The third-order valence-corrected chi connectivity index (χ3v) is 4.02. The van der Waals surface area contributed by atoms with Gasteiger partial charge < -0.3 is 0 Å². The van der Waals surface area contributed by atoms with Gasteiger partial charge in [0.2, 0.25) is 0 Å². The van der Waals surface area contributed by atoms with Gasteiger partial charge in [0.15, 0.2) is 0 Å². The van der Waals surface area contributed by atoms with Crippen LogP contribution in [-0.4, -0.2) is 0 Å². The Bertz CT molecular complexity index is 770. The maximum absolute atomic E-state index is 9.54. The molecule has 0 N–H and O–H groups in total. The van der Waals surface area contributed by atoms with Gasteiger partial charge in [0.1, 0.15) is 6.07 Å². The van der Waals surface area contributed by atoms with Crippen LogP contribution in [0.5, 0.6) is 0 Å². The Balaban J connectivity index is 2.30. The largest absolute Gasteiger partial charge is 0.192 e. The minimum atomic E-state index is 0.801. The second-order valence-electron chi connectivity index (χ2n) is 5.02. The van der Waals surface area contributed by atoms with E-state index in [1.807, 2.05) is 18.2 Å². The van der Waals surface area contributed by atoms with Crippen molar-refractivity contribution in [3.05, 3.63) is 64.7 Å². The molecule has 1 heteroatoms. The number of nitriles is 1. The maximum atomic E-state index is 9.54. The number of benzene rings is 2. The summed E-state index contributed by atoms with van der Waals surface area (Å²) < 4.78 is 0. The zero-order valence-corrected chi connectivity index (χ0v) is 11.2. The number of nitrogens with zero attached hydrogens (tertiary/aromatic N) is 1. The van der Waals surface area contributed by atoms with Gasteiger partial charge in [0, 0.05) is 5.39 Å². The average Bonchev–Trinajstić information content (AvgIpc) is 2.77. The molecule has 1 aliphatic rings. The fraction of sp³-hybridized carbons (Fsp3) is 0.167. The van der Waals surface area contributed by atoms with Crippen LogP contribution in [0.4, 0.5) is 0 Å². The van der Waals surface area contributed by atoms with Gasteiger partial charge in [-0.1, -0.05) is 48.0 Å². The molecule has 2 aromatic carbocycles. The van der Waals surface area contributed by atoms with Gasteiger partial charge in [-0.25, -0.2) is 0 Å². The van der Waals surface area contributed by atoms with Crippen molar-refractivity contribution in [2.24, 2.45) is 0 Å². The molecule has 0 amide bonds. The molecular weight excluding hydrogens is 230 g/mol. The van der Waals surface area contributed by atoms with Gasteiger partial charge in [-0.3, -0.25) is 0 Å². The van der Waals surface area contributed by atoms with E-state index in [9.17, 15) is 5.26 Å². The number of rotatable bonds is 1. The van der Waals surface area contributed by atoms with E-state index < -0.39 is 0 Å². The molecule has 1 nitrogen and oxygen atoms in total. The van der Waals surface area contributed by atoms with E-state index in [2.05, 4.69) is 44.2 Å². The molecule has 92 valence electrons. The highest BCUT2D eigenvalue weighted by molar-refractivity contribution is 5.94. The van der Waals surface area contributed by atoms with Crippen LogP contribution in [0.25, 0.3) is 16.3 Å². The fourth-order valence-corrected chi connectivity index (χ4v) is 2.75. The van der Waals surface area contributed by atoms with Crippen LogP contribution >= 0.6 is 0 Å². The molecule has 0 heterocycles. The Morgan fingerprint density at radius 2 is 1.84 bits per heavy atom. The molecule has 0 fully saturated rings. The highest BCUT2D eigenvalue weighted by Crippen LogP contribution is 2.36. The lowest BCUT2D eigenvalue weighted by molar-refractivity contribution is 1.38. The van der Waals surface area contributed by atoms with Crippen LogP contribution in [0.2, 0.25) is 0 Å². The van der Waals surface area contributed by atoms with E-state index in [1.54, 1.807) is 0 Å². The van der Waals surface area contributed by atoms with Gasteiger partial charge in [-0.05, 0) is 42.4 Å². The molecule has 2 aromatic rings. The number of fused-ring (bicyclic) bond motifs is 1. The normalized spacial score (nSPS) is 14.7. The molecule has 0 saturated carbocycles. The summed E-state index contributed by atoms with van der Waals surface area (Å²) in [4.78, 5) is 0. The van der Waals surface area contributed by atoms with E-state index in [0.717, 1.165) is 28.3 Å². The van der Waals surface area contributed by atoms with Gasteiger partial charge >= 0.3 is 0 Å². The summed E-state index contributed by atoms with van der Waals surface area (Å²) in [5, 5.41) is 11.7. The third kappa shape index (κ3) is 1.77. The molecule has 0 unspecified atom stereocenters. The van der Waals surface area contributed by atoms with Crippen molar-refractivity contribution in [2.45, 2.75) is 20.3 Å². The molecule has 0 aromatic heterocycles. The zero-order chi connectivity index (χ0) is 13.4. The Morgan fingerprint density at radius 3 is 2.53 bits per heavy atom. The van der Waals surface area contributed by atoms with Gasteiger partial charge in [-0.15, -0.1) is 0 Å². The number of hydrogen-bond acceptors (Lipinski definition) is 1. The van der Waals surface area contributed by atoms with Gasteiger partial charge in [0.05, 0.1) is 5.56 Å². The standard InChI is InChI=1S/C18H15N/c1-12-7-9-15(13(12)2)17-10-8-14-5-3-4-6-16(14)18(17)11-19/h3-8,10H,9H2,1-2H3. The molecule has 0 saturated heterocycles. The topological polar surface area (TPSA) is 23.8 Å². The Morgan fingerprint density at radius 1 is 1.05 bits per heavy atom. The highest BCUT2D eigenvalue weighted by atomic mass is 14.3. The summed E-state index contributed by atoms with van der Waals surface area (Å²) in [6.07, 6.45) is 3.17. The van der Waals surface area contributed by atoms with Crippen LogP contribution in [0.1, 0.15) is 31.4 Å². The average molecular weight is 245 g/mol. The molecule has 0 aliphatic heterocycles. The molecule has 1 aliphatic carbocycles. The third-order valence-electron chi connectivity index (χ3n) is 4.02. The Hall–Kier alpha value is -2.33. The monoisotopic (exact) mass is 245 g/mol. The van der Waals surface area contributed by atoms with Crippen molar-refractivity contribution in [2.75, 3.05) is 0 Å². The van der Waals surface area contributed by atoms with Crippen molar-refractivity contribution >= 4 is 16.3 Å². The van der Waals surface area contributed by atoms with Crippen molar-refractivity contribution in [1.29, 1.82) is 5.26 Å². The summed E-state index contributed by atoms with van der Waals surface area (Å²) in [6.45, 7) is 4.28. The van der Waals surface area contributed by atoms with Crippen molar-refractivity contribution in [1.82, 2.24) is 0 Å². The summed E-state index contributed by atoms with van der Waals surface area (Å²) in [5.74, 6) is 0. The molecule has 0 spiro atoms. The lowest BCUT2D eigenvalue weighted by Gasteiger charge is -2.10. The lowest BCUT2D eigenvalue weighted by Crippen LogP contribution is -1.92. The summed E-state index contributed by atoms with van der Waals surface area (Å²) in [6, 6.07) is 14.7. The van der Waals surface area contributed by atoms with Crippen molar-refractivity contribution < 1.29 is 0 Å². The number of allylic oxidation sites excluding steroid dienone is 4. The first kappa shape index (κ1) is 11.7. The number of hydrogen-bond donors (Lipinski definition) is 0.